The summed E-state index contributed by atoms with van der Waals surface area (Å²) in [6, 6.07) is 0. The van der Waals surface area contributed by atoms with Crippen molar-refractivity contribution in [1.29, 1.82) is 0 Å². The second-order valence-corrected chi connectivity index (χ2v) is 2.42. The monoisotopic (exact) mass is 202 g/mol. The van der Waals surface area contributed by atoms with Crippen LogP contribution < -0.4 is 7.52 Å². The van der Waals surface area contributed by atoms with E-state index in [0.29, 0.717) is 0 Å². The summed E-state index contributed by atoms with van der Waals surface area (Å²) in [6.45, 7) is 0. The third-order valence-corrected chi connectivity index (χ3v) is 0. The van der Waals surface area contributed by atoms with Crippen molar-refractivity contribution < 1.29 is 31.1 Å². The SMILES string of the molecule is [Ca+2].[O]=[Mo](=[O])([O-])[O-]. The second kappa shape index (κ2) is 3.47. The van der Waals surface area contributed by atoms with Gasteiger partial charge < -0.3 is 0 Å². The fourth-order valence-corrected chi connectivity index (χ4v) is 0. The number of rotatable bonds is 0. The molecule has 0 aliphatic rings. The molecule has 0 aromatic carbocycles. The molecule has 0 N–H and O–H groups in total. The van der Waals surface area contributed by atoms with Crippen LogP contribution in [0, 0.1) is 0 Å². The van der Waals surface area contributed by atoms with Crippen LogP contribution in [0.15, 0.2) is 0 Å². The van der Waals surface area contributed by atoms with Crippen LogP contribution in [-0.2, 0) is 23.5 Å². The average Bonchev–Trinajstić information content (AvgIpc) is 0.722. The van der Waals surface area contributed by atoms with Gasteiger partial charge in [0.1, 0.15) is 0 Å². The normalized spacial score (nSPS) is 9.67. The van der Waals surface area contributed by atoms with Crippen molar-refractivity contribution in [3.05, 3.63) is 0 Å². The third-order valence-electron chi connectivity index (χ3n) is 0. The van der Waals surface area contributed by atoms with E-state index in [1.165, 1.54) is 0 Å². The van der Waals surface area contributed by atoms with Gasteiger partial charge in [0.2, 0.25) is 0 Å². The summed E-state index contributed by atoms with van der Waals surface area (Å²) in [6.07, 6.45) is 0. The molecule has 0 fully saturated rings. The molecule has 32 valence electrons. The van der Waals surface area contributed by atoms with Crippen molar-refractivity contribution in [1.82, 2.24) is 0 Å². The van der Waals surface area contributed by atoms with E-state index in [0.717, 1.165) is 0 Å². The van der Waals surface area contributed by atoms with E-state index in [9.17, 15) is 0 Å². The Kier molecular flexibility index (Phi) is 6.04. The van der Waals surface area contributed by atoms with Gasteiger partial charge in [-0.25, -0.2) is 0 Å². The van der Waals surface area contributed by atoms with Gasteiger partial charge in [-0.2, -0.15) is 0 Å². The molecule has 0 spiro atoms. The fraction of sp³-hybridized carbons (Fsp3) is 0. The first kappa shape index (κ1) is 10.4. The van der Waals surface area contributed by atoms with Crippen molar-refractivity contribution in [3.63, 3.8) is 0 Å². The molecule has 4 nitrogen and oxygen atoms in total. The molecule has 0 aliphatic heterocycles. The zero-order valence-corrected chi connectivity index (χ0v) is 6.96. The third kappa shape index (κ3) is 50.7. The van der Waals surface area contributed by atoms with E-state index in [-0.39, 0.29) is 37.7 Å². The molecule has 6 heteroatoms. The van der Waals surface area contributed by atoms with E-state index in [2.05, 4.69) is 0 Å². The molecule has 0 aliphatic carbocycles. The van der Waals surface area contributed by atoms with E-state index < -0.39 is 16.7 Å². The van der Waals surface area contributed by atoms with Gasteiger partial charge in [-0.3, -0.25) is 0 Å². The van der Waals surface area contributed by atoms with Crippen LogP contribution in [0.4, 0.5) is 0 Å². The van der Waals surface area contributed by atoms with Crippen molar-refractivity contribution in [2.75, 3.05) is 0 Å². The first-order chi connectivity index (χ1) is 2.00. The topological polar surface area (TPSA) is 80.3 Å². The van der Waals surface area contributed by atoms with Gasteiger partial charge in [0.15, 0.2) is 0 Å². The maximum absolute atomic E-state index is 8.63. The van der Waals surface area contributed by atoms with E-state index in [1.807, 2.05) is 0 Å². The van der Waals surface area contributed by atoms with Gasteiger partial charge >= 0.3 is 68.8 Å². The van der Waals surface area contributed by atoms with Crippen LogP contribution in [0.25, 0.3) is 0 Å². The molecular weight excluding hydrogens is 200 g/mol. The van der Waals surface area contributed by atoms with Gasteiger partial charge in [0.05, 0.1) is 0 Å². The summed E-state index contributed by atoms with van der Waals surface area (Å²) in [5.41, 5.74) is 0. The summed E-state index contributed by atoms with van der Waals surface area (Å²) >= 11 is -6.02. The van der Waals surface area contributed by atoms with Crippen LogP contribution in [0.5, 0.6) is 0 Å². The minimum atomic E-state index is -6.02. The molecular formula is CaMoO4. The molecule has 0 aromatic heterocycles. The van der Waals surface area contributed by atoms with E-state index in [4.69, 9.17) is 14.3 Å². The minimum absolute atomic E-state index is 0. The molecule has 0 rings (SSSR count). The predicted octanol–water partition coefficient (Wildman–Crippen LogP) is -3.00. The Morgan fingerprint density at radius 3 is 1.17 bits per heavy atom. The summed E-state index contributed by atoms with van der Waals surface area (Å²) in [7, 11) is 0. The summed E-state index contributed by atoms with van der Waals surface area (Å²) in [4.78, 5) is 0. The van der Waals surface area contributed by atoms with Crippen LogP contribution in [-0.4, -0.2) is 37.7 Å². The van der Waals surface area contributed by atoms with Crippen molar-refractivity contribution in [2.24, 2.45) is 0 Å². The molecule has 0 saturated carbocycles. The quantitative estimate of drug-likeness (QED) is 0.390. The van der Waals surface area contributed by atoms with E-state index >= 15 is 0 Å². The Morgan fingerprint density at radius 1 is 1.17 bits per heavy atom. The number of hydrogen-bond acceptors (Lipinski definition) is 4. The molecule has 0 heterocycles. The fourth-order valence-electron chi connectivity index (χ4n) is 0. The molecule has 0 aromatic rings. The van der Waals surface area contributed by atoms with Crippen molar-refractivity contribution in [3.8, 4) is 0 Å². The Hall–Kier alpha value is 1.47. The first-order valence-corrected chi connectivity index (χ1v) is 3.94. The Labute approximate surface area is 67.9 Å². The Balaban J connectivity index is 0. The molecule has 0 radical (unpaired) electrons. The van der Waals surface area contributed by atoms with Gasteiger partial charge in [-0.1, -0.05) is 0 Å². The molecule has 6 heavy (non-hydrogen) atoms. The standard InChI is InChI=1S/Ca.Mo.4O/q+2;;;;2*-1. The van der Waals surface area contributed by atoms with Gasteiger partial charge in [-0.15, -0.1) is 0 Å². The predicted molar refractivity (Wildman–Crippen MR) is 7.13 cm³/mol. The Morgan fingerprint density at radius 2 is 1.17 bits per heavy atom. The summed E-state index contributed by atoms with van der Waals surface area (Å²) in [5, 5.41) is 0. The van der Waals surface area contributed by atoms with Crippen LogP contribution in [0.3, 0.4) is 0 Å². The summed E-state index contributed by atoms with van der Waals surface area (Å²) < 4.78 is 34.5. The van der Waals surface area contributed by atoms with E-state index in [1.54, 1.807) is 0 Å². The van der Waals surface area contributed by atoms with Gasteiger partial charge in [-0.05, 0) is 0 Å². The first-order valence-electron chi connectivity index (χ1n) is 0.667. The average molecular weight is 200 g/mol. The summed E-state index contributed by atoms with van der Waals surface area (Å²) in [5.74, 6) is 0. The molecule has 0 bridgehead atoms. The Bertz CT molecular complexity index is 90.7. The van der Waals surface area contributed by atoms with Gasteiger partial charge in [0.25, 0.3) is 0 Å². The maximum atomic E-state index is 8.63. The van der Waals surface area contributed by atoms with Crippen LogP contribution in [0.2, 0.25) is 0 Å². The van der Waals surface area contributed by atoms with Crippen LogP contribution >= 0.6 is 0 Å². The zero-order valence-electron chi connectivity index (χ0n) is 2.75. The molecule has 0 unspecified atom stereocenters. The molecule has 0 atom stereocenters. The van der Waals surface area contributed by atoms with Crippen molar-refractivity contribution in [2.45, 2.75) is 0 Å². The zero-order chi connectivity index (χ0) is 4.50. The van der Waals surface area contributed by atoms with Crippen LogP contribution in [0.1, 0.15) is 0 Å². The molecule has 0 saturated heterocycles. The second-order valence-electron chi connectivity index (χ2n) is 0.408. The number of hydrogen-bond donors (Lipinski definition) is 0. The molecule has 0 amide bonds. The van der Waals surface area contributed by atoms with Crippen molar-refractivity contribution >= 4 is 37.7 Å². The van der Waals surface area contributed by atoms with Gasteiger partial charge in [0, 0.05) is 0 Å².